The van der Waals surface area contributed by atoms with Gasteiger partial charge in [0.05, 0.1) is 13.0 Å². The van der Waals surface area contributed by atoms with Crippen LogP contribution in [-0.4, -0.2) is 36.5 Å². The molecule has 1 N–H and O–H groups in total. The summed E-state index contributed by atoms with van der Waals surface area (Å²) in [5.41, 5.74) is 7.67. The standard InChI is InChI=1S/C32H36O6/c1-5-35-13-14-36-25-15-20(2)31(21(3)16-25)26-8-6-7-23(22(26)4)19-37-24-9-10-27-28(18-30(33)34)32(11-12-32)38-29(27)17-24/h6-10,15-17,28H,5,11-14,18-19H2,1-4H3,(H,33,34). The van der Waals surface area contributed by atoms with Crippen molar-refractivity contribution in [2.45, 2.75) is 65.1 Å². The number of ether oxygens (including phenoxy) is 4. The van der Waals surface area contributed by atoms with Crippen LogP contribution in [0.1, 0.15) is 59.9 Å². The van der Waals surface area contributed by atoms with E-state index in [0.717, 1.165) is 41.2 Å². The van der Waals surface area contributed by atoms with Crippen molar-refractivity contribution >= 4 is 5.97 Å². The summed E-state index contributed by atoms with van der Waals surface area (Å²) in [7, 11) is 0. The second-order valence-corrected chi connectivity index (χ2v) is 10.4. The highest BCUT2D eigenvalue weighted by molar-refractivity contribution is 5.75. The van der Waals surface area contributed by atoms with E-state index in [-0.39, 0.29) is 17.9 Å². The molecule has 1 spiro atoms. The van der Waals surface area contributed by atoms with Crippen LogP contribution in [0.3, 0.4) is 0 Å². The number of hydrogen-bond acceptors (Lipinski definition) is 5. The number of carbonyl (C=O) groups is 1. The van der Waals surface area contributed by atoms with Gasteiger partial charge in [0.1, 0.15) is 36.1 Å². The van der Waals surface area contributed by atoms with Gasteiger partial charge in [0.2, 0.25) is 0 Å². The van der Waals surface area contributed by atoms with Crippen molar-refractivity contribution in [3.05, 3.63) is 76.3 Å². The molecule has 1 aliphatic carbocycles. The lowest BCUT2D eigenvalue weighted by Crippen LogP contribution is -2.22. The van der Waals surface area contributed by atoms with Crippen LogP contribution >= 0.6 is 0 Å². The van der Waals surface area contributed by atoms with Crippen LogP contribution in [-0.2, 0) is 16.1 Å². The van der Waals surface area contributed by atoms with Gasteiger partial charge in [-0.3, -0.25) is 4.79 Å². The lowest BCUT2D eigenvalue weighted by Gasteiger charge is -2.18. The summed E-state index contributed by atoms with van der Waals surface area (Å²) in [5.74, 6) is 1.46. The maximum absolute atomic E-state index is 11.4. The minimum atomic E-state index is -0.789. The number of fused-ring (bicyclic) bond motifs is 1. The van der Waals surface area contributed by atoms with E-state index < -0.39 is 5.97 Å². The zero-order chi connectivity index (χ0) is 26.9. The van der Waals surface area contributed by atoms with Crippen LogP contribution in [0.4, 0.5) is 0 Å². The smallest absolute Gasteiger partial charge is 0.304 e. The quantitative estimate of drug-likeness (QED) is 0.284. The first-order chi connectivity index (χ1) is 18.3. The molecular weight excluding hydrogens is 480 g/mol. The Morgan fingerprint density at radius 3 is 2.45 bits per heavy atom. The molecule has 0 saturated heterocycles. The van der Waals surface area contributed by atoms with Crippen molar-refractivity contribution in [2.24, 2.45) is 0 Å². The predicted molar refractivity (Wildman–Crippen MR) is 146 cm³/mol. The van der Waals surface area contributed by atoms with Crippen LogP contribution in [0, 0.1) is 20.8 Å². The van der Waals surface area contributed by atoms with Crippen LogP contribution in [0.5, 0.6) is 17.2 Å². The summed E-state index contributed by atoms with van der Waals surface area (Å²) < 4.78 is 23.7. The third kappa shape index (κ3) is 5.23. The fourth-order valence-corrected chi connectivity index (χ4v) is 5.67. The van der Waals surface area contributed by atoms with Gasteiger partial charge in [0, 0.05) is 24.2 Å². The number of aryl methyl sites for hydroxylation is 2. The first-order valence-corrected chi connectivity index (χ1v) is 13.4. The normalized spacial score (nSPS) is 16.7. The highest BCUT2D eigenvalue weighted by atomic mass is 16.5. The minimum Gasteiger partial charge on any atom is -0.491 e. The van der Waals surface area contributed by atoms with Gasteiger partial charge in [-0.25, -0.2) is 0 Å². The molecule has 3 aromatic carbocycles. The molecule has 1 aliphatic heterocycles. The van der Waals surface area contributed by atoms with E-state index in [0.29, 0.717) is 26.4 Å². The number of benzene rings is 3. The van der Waals surface area contributed by atoms with Gasteiger partial charge in [-0.2, -0.15) is 0 Å². The van der Waals surface area contributed by atoms with Gasteiger partial charge >= 0.3 is 5.97 Å². The van der Waals surface area contributed by atoms with Crippen molar-refractivity contribution < 1.29 is 28.8 Å². The second-order valence-electron chi connectivity index (χ2n) is 10.4. The highest BCUT2D eigenvalue weighted by Crippen LogP contribution is 2.59. The molecule has 2 aliphatic rings. The zero-order valence-corrected chi connectivity index (χ0v) is 22.6. The van der Waals surface area contributed by atoms with E-state index in [1.54, 1.807) is 0 Å². The van der Waals surface area contributed by atoms with Gasteiger partial charge in [-0.1, -0.05) is 24.3 Å². The van der Waals surface area contributed by atoms with Crippen LogP contribution in [0.15, 0.2) is 48.5 Å². The molecule has 6 nitrogen and oxygen atoms in total. The van der Waals surface area contributed by atoms with Gasteiger partial charge < -0.3 is 24.1 Å². The van der Waals surface area contributed by atoms with E-state index >= 15 is 0 Å². The van der Waals surface area contributed by atoms with Crippen molar-refractivity contribution in [3.8, 4) is 28.4 Å². The average molecular weight is 517 g/mol. The van der Waals surface area contributed by atoms with Gasteiger partial charge in [0.15, 0.2) is 0 Å². The molecule has 1 atom stereocenters. The summed E-state index contributed by atoms with van der Waals surface area (Å²) in [5, 5.41) is 9.36. The SMILES string of the molecule is CCOCCOc1cc(C)c(-c2cccc(COc3ccc4c(c3)OC3(CC3)C4CC(=O)O)c2C)c(C)c1. The fourth-order valence-electron chi connectivity index (χ4n) is 5.67. The highest BCUT2D eigenvalue weighted by Gasteiger charge is 2.57. The Morgan fingerprint density at radius 1 is 1.00 bits per heavy atom. The summed E-state index contributed by atoms with van der Waals surface area (Å²) in [6, 6.07) is 16.3. The van der Waals surface area contributed by atoms with Crippen molar-refractivity contribution in [3.63, 3.8) is 0 Å². The third-order valence-corrected chi connectivity index (χ3v) is 7.75. The molecule has 1 heterocycles. The molecule has 0 bridgehead atoms. The molecule has 200 valence electrons. The van der Waals surface area contributed by atoms with Gasteiger partial charge in [0.25, 0.3) is 0 Å². The maximum Gasteiger partial charge on any atom is 0.304 e. The van der Waals surface area contributed by atoms with Crippen molar-refractivity contribution in [1.82, 2.24) is 0 Å². The molecule has 1 saturated carbocycles. The number of hydrogen-bond donors (Lipinski definition) is 1. The lowest BCUT2D eigenvalue weighted by molar-refractivity contribution is -0.138. The van der Waals surface area contributed by atoms with E-state index in [2.05, 4.69) is 51.1 Å². The van der Waals surface area contributed by atoms with Crippen LogP contribution < -0.4 is 14.2 Å². The van der Waals surface area contributed by atoms with Gasteiger partial charge in [-0.15, -0.1) is 0 Å². The monoisotopic (exact) mass is 516 g/mol. The second kappa shape index (κ2) is 10.7. The molecule has 38 heavy (non-hydrogen) atoms. The Bertz CT molecular complexity index is 1320. The number of aliphatic carboxylic acids is 1. The molecule has 5 rings (SSSR count). The third-order valence-electron chi connectivity index (χ3n) is 7.75. The first kappa shape index (κ1) is 26.1. The summed E-state index contributed by atoms with van der Waals surface area (Å²) >= 11 is 0. The van der Waals surface area contributed by atoms with E-state index in [1.165, 1.54) is 27.8 Å². The maximum atomic E-state index is 11.4. The molecule has 0 aromatic heterocycles. The fraction of sp³-hybridized carbons (Fsp3) is 0.406. The molecule has 0 amide bonds. The van der Waals surface area contributed by atoms with E-state index in [9.17, 15) is 9.90 Å². The van der Waals surface area contributed by atoms with Crippen molar-refractivity contribution in [1.29, 1.82) is 0 Å². The topological polar surface area (TPSA) is 74.2 Å². The Balaban J connectivity index is 1.31. The molecular formula is C32H36O6. The lowest BCUT2D eigenvalue weighted by atomic mass is 9.90. The molecule has 1 unspecified atom stereocenters. The number of rotatable bonds is 11. The van der Waals surface area contributed by atoms with E-state index in [1.807, 2.05) is 25.1 Å². The summed E-state index contributed by atoms with van der Waals surface area (Å²) in [4.78, 5) is 11.4. The first-order valence-electron chi connectivity index (χ1n) is 13.4. The number of carboxylic acid groups (broad SMARTS) is 1. The summed E-state index contributed by atoms with van der Waals surface area (Å²) in [6.45, 7) is 10.6. The van der Waals surface area contributed by atoms with Crippen molar-refractivity contribution in [2.75, 3.05) is 19.8 Å². The molecule has 6 heteroatoms. The molecule has 0 radical (unpaired) electrons. The Kier molecular flexibility index (Phi) is 7.35. The average Bonchev–Trinajstić information content (AvgIpc) is 3.59. The summed E-state index contributed by atoms with van der Waals surface area (Å²) in [6.07, 6.45) is 1.90. The minimum absolute atomic E-state index is 0.0871. The number of carboxylic acids is 1. The van der Waals surface area contributed by atoms with Crippen LogP contribution in [0.25, 0.3) is 11.1 Å². The van der Waals surface area contributed by atoms with Crippen LogP contribution in [0.2, 0.25) is 0 Å². The zero-order valence-electron chi connectivity index (χ0n) is 22.6. The molecule has 3 aromatic rings. The Morgan fingerprint density at radius 2 is 1.76 bits per heavy atom. The van der Waals surface area contributed by atoms with Gasteiger partial charge in [-0.05, 0) is 92.1 Å². The predicted octanol–water partition coefficient (Wildman–Crippen LogP) is 6.76. The Labute approximate surface area is 224 Å². The Hall–Kier alpha value is -3.51. The van der Waals surface area contributed by atoms with E-state index in [4.69, 9.17) is 18.9 Å². The molecule has 1 fully saturated rings. The largest absolute Gasteiger partial charge is 0.491 e.